The average molecular weight is 682 g/mol. The number of hydrogen-bond acceptors (Lipinski definition) is 1. The summed E-state index contributed by atoms with van der Waals surface area (Å²) in [6, 6.07) is 65.7. The molecule has 0 aliphatic heterocycles. The zero-order valence-corrected chi connectivity index (χ0v) is 30.0. The van der Waals surface area contributed by atoms with E-state index in [-0.39, 0.29) is 5.41 Å². The van der Waals surface area contributed by atoms with Crippen LogP contribution < -0.4 is 4.90 Å². The van der Waals surface area contributed by atoms with E-state index < -0.39 is 0 Å². The van der Waals surface area contributed by atoms with Gasteiger partial charge in [-0.15, -0.1) is 0 Å². The van der Waals surface area contributed by atoms with Gasteiger partial charge in [-0.3, -0.25) is 0 Å². The smallest absolute Gasteiger partial charge is 0.0540 e. The topological polar surface area (TPSA) is 3.24 Å². The van der Waals surface area contributed by atoms with Crippen molar-refractivity contribution >= 4 is 17.1 Å². The molecular formula is C52H43N. The summed E-state index contributed by atoms with van der Waals surface area (Å²) in [7, 11) is 0. The van der Waals surface area contributed by atoms with Gasteiger partial charge in [0.2, 0.25) is 0 Å². The van der Waals surface area contributed by atoms with Gasteiger partial charge in [0.15, 0.2) is 0 Å². The summed E-state index contributed by atoms with van der Waals surface area (Å²) in [4.78, 5) is 2.52. The third-order valence-electron chi connectivity index (χ3n) is 13.4. The Balaban J connectivity index is 1.14. The molecule has 1 spiro atoms. The maximum Gasteiger partial charge on any atom is 0.0540 e. The zero-order chi connectivity index (χ0) is 34.9. The first-order valence-corrected chi connectivity index (χ1v) is 19.7. The molecule has 7 aromatic carbocycles. The predicted molar refractivity (Wildman–Crippen MR) is 221 cm³/mol. The van der Waals surface area contributed by atoms with Gasteiger partial charge in [0, 0.05) is 22.4 Å². The molecule has 0 radical (unpaired) electrons. The minimum Gasteiger partial charge on any atom is -0.310 e. The van der Waals surface area contributed by atoms with Crippen LogP contribution in [0.5, 0.6) is 0 Å². The van der Waals surface area contributed by atoms with Gasteiger partial charge in [-0.2, -0.15) is 0 Å². The van der Waals surface area contributed by atoms with E-state index in [0.29, 0.717) is 0 Å². The van der Waals surface area contributed by atoms with Gasteiger partial charge >= 0.3 is 0 Å². The fourth-order valence-electron chi connectivity index (χ4n) is 11.6. The number of fused-ring (bicyclic) bond motifs is 3. The Morgan fingerprint density at radius 1 is 0.358 bits per heavy atom. The number of anilines is 3. The van der Waals surface area contributed by atoms with E-state index in [9.17, 15) is 0 Å². The lowest BCUT2D eigenvalue weighted by molar-refractivity contribution is -0.0399. The van der Waals surface area contributed by atoms with Crippen LogP contribution in [0.4, 0.5) is 17.1 Å². The molecule has 0 atom stereocenters. The van der Waals surface area contributed by atoms with E-state index in [0.717, 1.165) is 29.4 Å². The standard InChI is InChI=1S/C52H43N/c1-4-13-37(14-5-1)40-19-12-20-44(32-40)53(51-26-23-41(38-15-6-2-7-16-38)33-47(51)39-17-8-3-9-18-39)45-24-25-50-48(34-45)46-21-10-11-22-49(46)52(50)42-28-35-27-36(30-42)31-43(52)29-35/h1-26,32-36,42-43H,27-31H2. The van der Waals surface area contributed by atoms with Gasteiger partial charge in [0.1, 0.15) is 0 Å². The molecule has 12 rings (SSSR count). The van der Waals surface area contributed by atoms with Crippen LogP contribution in [0.15, 0.2) is 176 Å². The largest absolute Gasteiger partial charge is 0.310 e. The van der Waals surface area contributed by atoms with Crippen molar-refractivity contribution in [3.05, 3.63) is 187 Å². The maximum absolute atomic E-state index is 2.56. The first-order valence-electron chi connectivity index (χ1n) is 19.7. The van der Waals surface area contributed by atoms with Crippen molar-refractivity contribution in [2.24, 2.45) is 23.7 Å². The van der Waals surface area contributed by atoms with Crippen molar-refractivity contribution in [2.45, 2.75) is 37.5 Å². The average Bonchev–Trinajstić information content (AvgIpc) is 3.51. The van der Waals surface area contributed by atoms with Crippen LogP contribution in [0.1, 0.15) is 43.2 Å². The van der Waals surface area contributed by atoms with Crippen LogP contribution in [-0.4, -0.2) is 0 Å². The van der Waals surface area contributed by atoms with Crippen molar-refractivity contribution in [1.82, 2.24) is 0 Å². The molecule has 0 unspecified atom stereocenters. The Kier molecular flexibility index (Phi) is 7.12. The number of benzene rings is 7. The third kappa shape index (κ3) is 4.83. The predicted octanol–water partition coefficient (Wildman–Crippen LogP) is 13.9. The SMILES string of the molecule is c1ccc(-c2cccc(N(c3ccc4c(c3)-c3ccccc3C43C4CC5CC(C4)CC3C5)c3ccc(-c4ccccc4)cc3-c3ccccc3)c2)cc1. The minimum absolute atomic E-state index is 0.155. The van der Waals surface area contributed by atoms with Gasteiger partial charge in [0.05, 0.1) is 5.69 Å². The van der Waals surface area contributed by atoms with Crippen molar-refractivity contribution < 1.29 is 0 Å². The molecule has 0 heterocycles. The Bertz CT molecular complexity index is 2430. The van der Waals surface area contributed by atoms with Crippen molar-refractivity contribution in [3.63, 3.8) is 0 Å². The first kappa shape index (κ1) is 30.9. The van der Waals surface area contributed by atoms with E-state index in [4.69, 9.17) is 0 Å². The Morgan fingerprint density at radius 3 is 1.58 bits per heavy atom. The fraction of sp³-hybridized carbons (Fsp3) is 0.192. The summed E-state index contributed by atoms with van der Waals surface area (Å²) in [5.74, 6) is 3.37. The van der Waals surface area contributed by atoms with Crippen molar-refractivity contribution in [1.29, 1.82) is 0 Å². The minimum atomic E-state index is 0.155. The molecular weight excluding hydrogens is 639 g/mol. The highest BCUT2D eigenvalue weighted by atomic mass is 15.1. The second-order valence-electron chi connectivity index (χ2n) is 16.2. The molecule has 0 amide bonds. The molecule has 1 heteroatoms. The Hall–Kier alpha value is -5.66. The molecule has 5 aliphatic rings. The van der Waals surface area contributed by atoms with Crippen LogP contribution in [0.3, 0.4) is 0 Å². The van der Waals surface area contributed by atoms with Crippen LogP contribution in [-0.2, 0) is 5.41 Å². The molecule has 4 saturated carbocycles. The molecule has 4 fully saturated rings. The number of nitrogens with zero attached hydrogens (tertiary/aromatic N) is 1. The highest BCUT2D eigenvalue weighted by Crippen LogP contribution is 2.69. The van der Waals surface area contributed by atoms with Crippen LogP contribution in [0.25, 0.3) is 44.5 Å². The normalized spacial score (nSPS) is 23.2. The summed E-state index contributed by atoms with van der Waals surface area (Å²) in [5.41, 5.74) is 17.1. The fourth-order valence-corrected chi connectivity index (χ4v) is 11.6. The molecule has 4 bridgehead atoms. The summed E-state index contributed by atoms with van der Waals surface area (Å²) >= 11 is 0. The summed E-state index contributed by atoms with van der Waals surface area (Å²) in [5, 5.41) is 0. The second kappa shape index (κ2) is 12.2. The van der Waals surface area contributed by atoms with Gasteiger partial charge in [-0.1, -0.05) is 140 Å². The van der Waals surface area contributed by atoms with Crippen LogP contribution >= 0.6 is 0 Å². The van der Waals surface area contributed by atoms with Gasteiger partial charge in [0.25, 0.3) is 0 Å². The lowest BCUT2D eigenvalue weighted by Crippen LogP contribution is -2.55. The van der Waals surface area contributed by atoms with Gasteiger partial charge in [-0.05, 0) is 142 Å². The molecule has 1 nitrogen and oxygen atoms in total. The second-order valence-corrected chi connectivity index (χ2v) is 16.2. The van der Waals surface area contributed by atoms with E-state index in [1.165, 1.54) is 88.0 Å². The van der Waals surface area contributed by atoms with Crippen molar-refractivity contribution in [3.8, 4) is 44.5 Å². The highest BCUT2D eigenvalue weighted by molar-refractivity contribution is 5.93. The van der Waals surface area contributed by atoms with E-state index in [1.807, 2.05) is 0 Å². The number of hydrogen-bond donors (Lipinski definition) is 0. The van der Waals surface area contributed by atoms with Gasteiger partial charge in [-0.25, -0.2) is 0 Å². The molecule has 53 heavy (non-hydrogen) atoms. The first-order chi connectivity index (χ1) is 26.2. The molecule has 0 aromatic heterocycles. The lowest BCUT2D eigenvalue weighted by atomic mass is 9.43. The molecule has 7 aromatic rings. The van der Waals surface area contributed by atoms with Gasteiger partial charge < -0.3 is 4.90 Å². The quantitative estimate of drug-likeness (QED) is 0.169. The molecule has 0 saturated heterocycles. The van der Waals surface area contributed by atoms with E-state index in [1.54, 1.807) is 11.1 Å². The summed E-state index contributed by atoms with van der Waals surface area (Å²) < 4.78 is 0. The number of rotatable bonds is 6. The van der Waals surface area contributed by atoms with Crippen LogP contribution in [0, 0.1) is 23.7 Å². The molecule has 5 aliphatic carbocycles. The maximum atomic E-state index is 2.56. The lowest BCUT2D eigenvalue weighted by Gasteiger charge is -2.61. The Labute approximate surface area is 313 Å². The monoisotopic (exact) mass is 681 g/mol. The van der Waals surface area contributed by atoms with Crippen LogP contribution in [0.2, 0.25) is 0 Å². The summed E-state index contributed by atoms with van der Waals surface area (Å²) in [6.45, 7) is 0. The molecule has 0 N–H and O–H groups in total. The third-order valence-corrected chi connectivity index (χ3v) is 13.4. The molecule has 256 valence electrons. The van der Waals surface area contributed by atoms with E-state index in [2.05, 4.69) is 181 Å². The highest BCUT2D eigenvalue weighted by Gasteiger charge is 2.61. The zero-order valence-electron chi connectivity index (χ0n) is 30.0. The van der Waals surface area contributed by atoms with E-state index >= 15 is 0 Å². The summed E-state index contributed by atoms with van der Waals surface area (Å²) in [6.07, 6.45) is 7.06. The Morgan fingerprint density at radius 2 is 0.906 bits per heavy atom. The van der Waals surface area contributed by atoms with Crippen molar-refractivity contribution in [2.75, 3.05) is 4.90 Å².